The van der Waals surface area contributed by atoms with Crippen molar-refractivity contribution in [2.45, 2.75) is 65.1 Å². The van der Waals surface area contributed by atoms with Crippen LogP contribution in [0.1, 0.15) is 59.4 Å². The van der Waals surface area contributed by atoms with Crippen molar-refractivity contribution >= 4 is 12.0 Å². The van der Waals surface area contributed by atoms with Crippen molar-refractivity contribution in [2.24, 2.45) is 11.3 Å². The molecule has 0 aromatic heterocycles. The maximum absolute atomic E-state index is 5.91. The van der Waals surface area contributed by atoms with Gasteiger partial charge < -0.3 is 9.47 Å². The first-order valence-electron chi connectivity index (χ1n) is 9.93. The summed E-state index contributed by atoms with van der Waals surface area (Å²) in [5.74, 6) is 2.85. The van der Waals surface area contributed by atoms with Crippen molar-refractivity contribution in [1.82, 2.24) is 0 Å². The molecule has 0 bridgehead atoms. The quantitative estimate of drug-likeness (QED) is 0.324. The number of methoxy groups -OCH3 is 1. The maximum atomic E-state index is 5.91. The standard InChI is InChI=1S/C24H34O3S/c1-17(2)16-23(24(4,5)6)19-8-10-21(11-9-19)26-18(3)27-28-22-14-12-20(25-7)13-15-22/h8-15,17-18,23H,16H2,1-7H3. The Morgan fingerprint density at radius 2 is 1.43 bits per heavy atom. The van der Waals surface area contributed by atoms with Crippen molar-refractivity contribution < 1.29 is 13.7 Å². The lowest BCUT2D eigenvalue weighted by molar-refractivity contribution is 0.0404. The minimum atomic E-state index is -0.355. The molecule has 0 spiro atoms. The predicted molar refractivity (Wildman–Crippen MR) is 118 cm³/mol. The zero-order valence-electron chi connectivity index (χ0n) is 18.2. The van der Waals surface area contributed by atoms with Crippen molar-refractivity contribution in [3.8, 4) is 11.5 Å². The molecule has 0 aliphatic carbocycles. The van der Waals surface area contributed by atoms with Crippen LogP contribution < -0.4 is 9.47 Å². The molecule has 2 rings (SSSR count). The Morgan fingerprint density at radius 1 is 0.857 bits per heavy atom. The number of hydrogen-bond donors (Lipinski definition) is 0. The van der Waals surface area contributed by atoms with E-state index >= 15 is 0 Å². The molecule has 0 radical (unpaired) electrons. The van der Waals surface area contributed by atoms with Crippen LogP contribution in [0.3, 0.4) is 0 Å². The van der Waals surface area contributed by atoms with E-state index in [1.165, 1.54) is 24.0 Å². The van der Waals surface area contributed by atoms with Crippen LogP contribution in [0.5, 0.6) is 11.5 Å². The minimum absolute atomic E-state index is 0.234. The van der Waals surface area contributed by atoms with Crippen LogP contribution in [-0.4, -0.2) is 13.4 Å². The summed E-state index contributed by atoms with van der Waals surface area (Å²) in [5, 5.41) is 0. The minimum Gasteiger partial charge on any atom is -0.497 e. The summed E-state index contributed by atoms with van der Waals surface area (Å²) >= 11 is 1.30. The van der Waals surface area contributed by atoms with E-state index in [0.29, 0.717) is 11.8 Å². The van der Waals surface area contributed by atoms with Crippen LogP contribution in [0.15, 0.2) is 53.4 Å². The molecular weight excluding hydrogens is 368 g/mol. The molecule has 2 atom stereocenters. The Hall–Kier alpha value is -1.65. The highest BCUT2D eigenvalue weighted by molar-refractivity contribution is 7.94. The molecule has 0 fully saturated rings. The molecule has 0 aliphatic heterocycles. The van der Waals surface area contributed by atoms with E-state index in [0.717, 1.165) is 16.4 Å². The Bertz CT molecular complexity index is 702. The SMILES string of the molecule is COc1ccc(SOC(C)Oc2ccc(C(CC(C)C)C(C)(C)C)cc2)cc1. The van der Waals surface area contributed by atoms with Crippen LogP contribution in [0, 0.1) is 11.3 Å². The van der Waals surface area contributed by atoms with Crippen LogP contribution in [-0.2, 0) is 4.18 Å². The van der Waals surface area contributed by atoms with Gasteiger partial charge in [-0.15, -0.1) is 0 Å². The van der Waals surface area contributed by atoms with Gasteiger partial charge in [0.15, 0.2) is 0 Å². The lowest BCUT2D eigenvalue weighted by atomic mass is 9.72. The molecule has 3 nitrogen and oxygen atoms in total. The summed E-state index contributed by atoms with van der Waals surface area (Å²) < 4.78 is 16.8. The maximum Gasteiger partial charge on any atom is 0.209 e. The molecule has 0 heterocycles. The summed E-state index contributed by atoms with van der Waals surface area (Å²) in [6.07, 6.45) is 0.828. The fourth-order valence-electron chi connectivity index (χ4n) is 3.21. The number of ether oxygens (including phenoxy) is 2. The molecule has 0 N–H and O–H groups in total. The first-order chi connectivity index (χ1) is 13.2. The average Bonchev–Trinajstić information content (AvgIpc) is 2.65. The van der Waals surface area contributed by atoms with Gasteiger partial charge in [0.2, 0.25) is 6.29 Å². The molecule has 2 aromatic rings. The van der Waals surface area contributed by atoms with Gasteiger partial charge in [-0.3, -0.25) is 4.18 Å². The second-order valence-corrected chi connectivity index (χ2v) is 9.49. The topological polar surface area (TPSA) is 27.7 Å². The van der Waals surface area contributed by atoms with Gasteiger partial charge in [-0.1, -0.05) is 46.8 Å². The van der Waals surface area contributed by atoms with Gasteiger partial charge in [0, 0.05) is 16.9 Å². The Morgan fingerprint density at radius 3 is 1.93 bits per heavy atom. The summed E-state index contributed by atoms with van der Waals surface area (Å²) in [6.45, 7) is 13.4. The highest BCUT2D eigenvalue weighted by atomic mass is 32.2. The van der Waals surface area contributed by atoms with Gasteiger partial charge in [0.05, 0.1) is 7.11 Å². The molecule has 2 aromatic carbocycles. The first kappa shape index (κ1) is 22.6. The van der Waals surface area contributed by atoms with E-state index in [1.54, 1.807) is 7.11 Å². The van der Waals surface area contributed by atoms with Gasteiger partial charge in [-0.25, -0.2) is 0 Å². The third-order valence-corrected chi connectivity index (χ3v) is 5.51. The molecule has 0 aliphatic rings. The van der Waals surface area contributed by atoms with Gasteiger partial charge in [-0.2, -0.15) is 0 Å². The molecule has 0 amide bonds. The van der Waals surface area contributed by atoms with E-state index in [-0.39, 0.29) is 11.7 Å². The molecule has 28 heavy (non-hydrogen) atoms. The van der Waals surface area contributed by atoms with Crippen LogP contribution in [0.4, 0.5) is 0 Å². The van der Waals surface area contributed by atoms with Crippen molar-refractivity contribution in [3.63, 3.8) is 0 Å². The van der Waals surface area contributed by atoms with Crippen LogP contribution in [0.25, 0.3) is 0 Å². The van der Waals surface area contributed by atoms with Crippen LogP contribution in [0.2, 0.25) is 0 Å². The lowest BCUT2D eigenvalue weighted by Gasteiger charge is -2.32. The summed E-state index contributed by atoms with van der Waals surface area (Å²) in [5.41, 5.74) is 1.60. The van der Waals surface area contributed by atoms with E-state index in [4.69, 9.17) is 13.7 Å². The normalized spacial score (nSPS) is 14.0. The Labute approximate surface area is 175 Å². The molecule has 0 saturated carbocycles. The third-order valence-electron chi connectivity index (χ3n) is 4.68. The highest BCUT2D eigenvalue weighted by Crippen LogP contribution is 2.40. The molecular formula is C24H34O3S. The van der Waals surface area contributed by atoms with Crippen LogP contribution >= 0.6 is 12.0 Å². The third kappa shape index (κ3) is 7.06. The number of hydrogen-bond acceptors (Lipinski definition) is 4. The Kier molecular flexibility index (Phi) is 8.26. The summed E-state index contributed by atoms with van der Waals surface area (Å²) in [4.78, 5) is 1.01. The van der Waals surface area contributed by atoms with Crippen molar-refractivity contribution in [3.05, 3.63) is 54.1 Å². The fourth-order valence-corrected chi connectivity index (χ4v) is 3.74. The second kappa shape index (κ2) is 10.2. The van der Waals surface area contributed by atoms with Gasteiger partial charge in [0.1, 0.15) is 11.5 Å². The first-order valence-corrected chi connectivity index (χ1v) is 10.7. The highest BCUT2D eigenvalue weighted by Gasteiger charge is 2.26. The van der Waals surface area contributed by atoms with Gasteiger partial charge in [-0.05, 0) is 72.6 Å². The number of benzene rings is 2. The molecule has 4 heteroatoms. The lowest BCUT2D eigenvalue weighted by Crippen LogP contribution is -2.20. The molecule has 2 unspecified atom stereocenters. The molecule has 0 saturated heterocycles. The zero-order valence-corrected chi connectivity index (χ0v) is 19.0. The van der Waals surface area contributed by atoms with Crippen molar-refractivity contribution in [2.75, 3.05) is 7.11 Å². The monoisotopic (exact) mass is 402 g/mol. The molecule has 154 valence electrons. The fraction of sp³-hybridized carbons (Fsp3) is 0.500. The second-order valence-electron chi connectivity index (χ2n) is 8.66. The van der Waals surface area contributed by atoms with E-state index < -0.39 is 0 Å². The van der Waals surface area contributed by atoms with Gasteiger partial charge in [0.25, 0.3) is 0 Å². The summed E-state index contributed by atoms with van der Waals surface area (Å²) in [7, 11) is 1.66. The van der Waals surface area contributed by atoms with Crippen molar-refractivity contribution in [1.29, 1.82) is 0 Å². The largest absolute Gasteiger partial charge is 0.497 e. The predicted octanol–water partition coefficient (Wildman–Crippen LogP) is 7.32. The van der Waals surface area contributed by atoms with E-state index in [9.17, 15) is 0 Å². The smallest absolute Gasteiger partial charge is 0.209 e. The average molecular weight is 403 g/mol. The Balaban J connectivity index is 1.93. The van der Waals surface area contributed by atoms with Gasteiger partial charge >= 0.3 is 0 Å². The van der Waals surface area contributed by atoms with E-state index in [2.05, 4.69) is 46.8 Å². The zero-order chi connectivity index (χ0) is 20.7. The number of rotatable bonds is 9. The van der Waals surface area contributed by atoms with E-state index in [1.807, 2.05) is 43.3 Å². The summed E-state index contributed by atoms with van der Waals surface area (Å²) in [6, 6.07) is 16.2.